The van der Waals surface area contributed by atoms with Crippen molar-refractivity contribution in [1.29, 1.82) is 0 Å². The first-order valence-electron chi connectivity index (χ1n) is 5.61. The lowest BCUT2D eigenvalue weighted by Gasteiger charge is -2.19. The van der Waals surface area contributed by atoms with Gasteiger partial charge in [-0.15, -0.1) is 0 Å². The summed E-state index contributed by atoms with van der Waals surface area (Å²) in [6, 6.07) is 0.529. The molecule has 1 aliphatic carbocycles. The molecule has 0 amide bonds. The van der Waals surface area contributed by atoms with Crippen molar-refractivity contribution in [2.24, 2.45) is 11.8 Å². The molecule has 0 aromatic heterocycles. The minimum absolute atomic E-state index is 0.293. The monoisotopic (exact) mass is 201 g/mol. The first-order chi connectivity index (χ1) is 6.77. The minimum Gasteiger partial charge on any atom is -0.396 e. The third-order valence-corrected chi connectivity index (χ3v) is 2.89. The Hall–Kier alpha value is -0.120. The molecule has 0 spiro atoms. The Labute approximate surface area is 86.8 Å². The van der Waals surface area contributed by atoms with Gasteiger partial charge in [0.15, 0.2) is 0 Å². The highest BCUT2D eigenvalue weighted by molar-refractivity contribution is 4.86. The molecular weight excluding hydrogens is 178 g/mol. The smallest absolute Gasteiger partial charge is 0.0618 e. The van der Waals surface area contributed by atoms with E-state index in [1.807, 2.05) is 0 Å². The Morgan fingerprint density at radius 2 is 2.21 bits per heavy atom. The van der Waals surface area contributed by atoms with E-state index < -0.39 is 0 Å². The number of aliphatic hydroxyl groups is 1. The van der Waals surface area contributed by atoms with Gasteiger partial charge < -0.3 is 15.2 Å². The summed E-state index contributed by atoms with van der Waals surface area (Å²) < 4.78 is 5.19. The van der Waals surface area contributed by atoms with E-state index in [1.165, 1.54) is 12.8 Å². The highest BCUT2D eigenvalue weighted by atomic mass is 16.5. The summed E-state index contributed by atoms with van der Waals surface area (Å²) >= 11 is 0. The molecule has 84 valence electrons. The first kappa shape index (κ1) is 12.0. The summed E-state index contributed by atoms with van der Waals surface area (Å²) in [5.74, 6) is 1.38. The van der Waals surface area contributed by atoms with Crippen molar-refractivity contribution in [2.45, 2.75) is 32.2 Å². The molecule has 3 heteroatoms. The van der Waals surface area contributed by atoms with Crippen LogP contribution in [0.5, 0.6) is 0 Å². The van der Waals surface area contributed by atoms with E-state index in [2.05, 4.69) is 12.2 Å². The van der Waals surface area contributed by atoms with Crippen LogP contribution in [-0.2, 0) is 4.74 Å². The Balaban J connectivity index is 2.12. The number of aliphatic hydroxyl groups excluding tert-OH is 1. The zero-order valence-electron chi connectivity index (χ0n) is 9.33. The molecule has 0 aromatic carbocycles. The van der Waals surface area contributed by atoms with Gasteiger partial charge in [-0.1, -0.05) is 6.92 Å². The molecule has 0 aromatic rings. The largest absolute Gasteiger partial charge is 0.396 e. The fraction of sp³-hybridized carbons (Fsp3) is 1.00. The maximum atomic E-state index is 8.77. The summed E-state index contributed by atoms with van der Waals surface area (Å²) in [6.07, 6.45) is 3.57. The van der Waals surface area contributed by atoms with Crippen molar-refractivity contribution >= 4 is 0 Å². The predicted octanol–water partition coefficient (Wildman–Crippen LogP) is 1.02. The second-order valence-corrected chi connectivity index (χ2v) is 4.42. The number of methoxy groups -OCH3 is 1. The third-order valence-electron chi connectivity index (χ3n) is 2.89. The van der Waals surface area contributed by atoms with E-state index in [-0.39, 0.29) is 0 Å². The zero-order chi connectivity index (χ0) is 10.4. The van der Waals surface area contributed by atoms with E-state index in [0.717, 1.165) is 25.5 Å². The highest BCUT2D eigenvalue weighted by Gasteiger charge is 2.30. The van der Waals surface area contributed by atoms with Crippen molar-refractivity contribution in [3.63, 3.8) is 0 Å². The normalized spacial score (nSPS) is 20.8. The average Bonchev–Trinajstić information content (AvgIpc) is 2.96. The maximum Gasteiger partial charge on any atom is 0.0618 e. The second kappa shape index (κ2) is 6.38. The lowest BCUT2D eigenvalue weighted by atomic mass is 10.1. The molecule has 0 radical (unpaired) electrons. The fourth-order valence-electron chi connectivity index (χ4n) is 1.71. The molecule has 2 N–H and O–H groups in total. The summed E-state index contributed by atoms with van der Waals surface area (Å²) in [6.45, 7) is 4.27. The molecule has 14 heavy (non-hydrogen) atoms. The fourth-order valence-corrected chi connectivity index (χ4v) is 1.71. The number of rotatable bonds is 8. The van der Waals surface area contributed by atoms with E-state index in [1.54, 1.807) is 7.11 Å². The average molecular weight is 201 g/mol. The zero-order valence-corrected chi connectivity index (χ0v) is 9.33. The molecule has 0 saturated heterocycles. The van der Waals surface area contributed by atoms with Gasteiger partial charge >= 0.3 is 0 Å². The van der Waals surface area contributed by atoms with Gasteiger partial charge in [0.2, 0.25) is 0 Å². The van der Waals surface area contributed by atoms with E-state index in [4.69, 9.17) is 9.84 Å². The van der Waals surface area contributed by atoms with Crippen LogP contribution in [-0.4, -0.2) is 38.0 Å². The van der Waals surface area contributed by atoms with E-state index >= 15 is 0 Å². The van der Waals surface area contributed by atoms with Crippen LogP contribution in [0.1, 0.15) is 26.2 Å². The van der Waals surface area contributed by atoms with Crippen LogP contribution in [0.3, 0.4) is 0 Å². The standard InChI is InChI=1S/C11H23NO2/c1-9(5-6-13)7-12-11(8-14-2)10-3-4-10/h9-13H,3-8H2,1-2H3. The molecule has 0 bridgehead atoms. The summed E-state index contributed by atoms with van der Waals surface area (Å²) in [5, 5.41) is 12.3. The topological polar surface area (TPSA) is 41.5 Å². The number of ether oxygens (including phenoxy) is 1. The molecule has 2 atom stereocenters. The second-order valence-electron chi connectivity index (χ2n) is 4.42. The van der Waals surface area contributed by atoms with E-state index in [9.17, 15) is 0 Å². The van der Waals surface area contributed by atoms with Gasteiger partial charge in [-0.2, -0.15) is 0 Å². The minimum atomic E-state index is 0.293. The van der Waals surface area contributed by atoms with Gasteiger partial charge in [-0.05, 0) is 37.6 Å². The van der Waals surface area contributed by atoms with Gasteiger partial charge in [-0.25, -0.2) is 0 Å². The molecule has 0 aliphatic heterocycles. The summed E-state index contributed by atoms with van der Waals surface area (Å²) in [4.78, 5) is 0. The van der Waals surface area contributed by atoms with Gasteiger partial charge in [-0.3, -0.25) is 0 Å². The van der Waals surface area contributed by atoms with Crippen molar-refractivity contribution < 1.29 is 9.84 Å². The molecule has 0 heterocycles. The van der Waals surface area contributed by atoms with Crippen LogP contribution in [0.4, 0.5) is 0 Å². The molecule has 1 saturated carbocycles. The first-order valence-corrected chi connectivity index (χ1v) is 5.61. The van der Waals surface area contributed by atoms with Gasteiger partial charge in [0, 0.05) is 19.8 Å². The van der Waals surface area contributed by atoms with Crippen molar-refractivity contribution in [3.05, 3.63) is 0 Å². The Bertz CT molecular complexity index is 148. The van der Waals surface area contributed by atoms with Gasteiger partial charge in [0.1, 0.15) is 0 Å². The molecular formula is C11H23NO2. The van der Waals surface area contributed by atoms with Crippen LogP contribution in [0, 0.1) is 11.8 Å². The maximum absolute atomic E-state index is 8.77. The summed E-state index contributed by atoms with van der Waals surface area (Å²) in [5.41, 5.74) is 0. The molecule has 1 rings (SSSR count). The molecule has 2 unspecified atom stereocenters. The Kier molecular flexibility index (Phi) is 5.45. The van der Waals surface area contributed by atoms with Crippen molar-refractivity contribution in [2.75, 3.05) is 26.9 Å². The summed E-state index contributed by atoms with van der Waals surface area (Å²) in [7, 11) is 1.76. The quantitative estimate of drug-likeness (QED) is 0.616. The lowest BCUT2D eigenvalue weighted by molar-refractivity contribution is 0.154. The van der Waals surface area contributed by atoms with Crippen LogP contribution in [0.25, 0.3) is 0 Å². The van der Waals surface area contributed by atoms with Crippen LogP contribution in [0.2, 0.25) is 0 Å². The number of nitrogens with one attached hydrogen (secondary N) is 1. The lowest BCUT2D eigenvalue weighted by Crippen LogP contribution is -2.38. The Morgan fingerprint density at radius 1 is 1.50 bits per heavy atom. The Morgan fingerprint density at radius 3 is 2.71 bits per heavy atom. The number of hydrogen-bond donors (Lipinski definition) is 2. The van der Waals surface area contributed by atoms with E-state index in [0.29, 0.717) is 18.6 Å². The van der Waals surface area contributed by atoms with Crippen LogP contribution in [0.15, 0.2) is 0 Å². The van der Waals surface area contributed by atoms with Crippen molar-refractivity contribution in [1.82, 2.24) is 5.32 Å². The molecule has 3 nitrogen and oxygen atoms in total. The number of hydrogen-bond acceptors (Lipinski definition) is 3. The van der Waals surface area contributed by atoms with Crippen molar-refractivity contribution in [3.8, 4) is 0 Å². The predicted molar refractivity (Wildman–Crippen MR) is 57.3 cm³/mol. The van der Waals surface area contributed by atoms with Crippen LogP contribution >= 0.6 is 0 Å². The molecule has 1 fully saturated rings. The highest BCUT2D eigenvalue weighted by Crippen LogP contribution is 2.32. The van der Waals surface area contributed by atoms with Gasteiger partial charge in [0.05, 0.1) is 6.61 Å². The molecule has 1 aliphatic rings. The third kappa shape index (κ3) is 4.40. The SMILES string of the molecule is COCC(NCC(C)CCO)C1CC1. The van der Waals surface area contributed by atoms with Crippen LogP contribution < -0.4 is 5.32 Å². The van der Waals surface area contributed by atoms with Gasteiger partial charge in [0.25, 0.3) is 0 Å².